The van der Waals surface area contributed by atoms with Gasteiger partial charge in [0.25, 0.3) is 0 Å². The molecule has 1 aromatic heterocycles. The number of rotatable bonds is 5. The molecule has 132 valence electrons. The maximum atomic E-state index is 12.8. The molecule has 3 N–H and O–H groups in total. The molecule has 0 spiro atoms. The minimum atomic E-state index is -0.357. The van der Waals surface area contributed by atoms with E-state index in [1.54, 1.807) is 5.38 Å². The highest BCUT2D eigenvalue weighted by Crippen LogP contribution is 2.19. The lowest BCUT2D eigenvalue weighted by Gasteiger charge is -2.11. The summed E-state index contributed by atoms with van der Waals surface area (Å²) in [7, 11) is 0. The van der Waals surface area contributed by atoms with Crippen LogP contribution < -0.4 is 16.0 Å². The first-order valence-corrected chi connectivity index (χ1v) is 9.04. The van der Waals surface area contributed by atoms with Gasteiger partial charge in [0.1, 0.15) is 5.82 Å². The molecule has 0 radical (unpaired) electrons. The summed E-state index contributed by atoms with van der Waals surface area (Å²) in [6, 6.07) is 5.53. The van der Waals surface area contributed by atoms with Gasteiger partial charge in [0.2, 0.25) is 5.91 Å². The van der Waals surface area contributed by atoms with E-state index in [0.717, 1.165) is 25.7 Å². The van der Waals surface area contributed by atoms with Crippen molar-refractivity contribution in [2.75, 3.05) is 10.6 Å². The Hall–Kier alpha value is -2.48. The van der Waals surface area contributed by atoms with E-state index in [1.807, 2.05) is 0 Å². The molecule has 1 fully saturated rings. The molecular formula is C17H19FN4O2S. The summed E-state index contributed by atoms with van der Waals surface area (Å²) in [5.41, 5.74) is 1.09. The molecule has 0 atom stereocenters. The average Bonchev–Trinajstić information content (AvgIpc) is 3.22. The van der Waals surface area contributed by atoms with Gasteiger partial charge in [-0.1, -0.05) is 12.8 Å². The quantitative estimate of drug-likeness (QED) is 0.761. The highest BCUT2D eigenvalue weighted by atomic mass is 32.1. The lowest BCUT2D eigenvalue weighted by Crippen LogP contribution is -2.36. The molecule has 8 heteroatoms. The van der Waals surface area contributed by atoms with Crippen LogP contribution >= 0.6 is 11.3 Å². The molecule has 3 rings (SSSR count). The summed E-state index contributed by atoms with van der Waals surface area (Å²) in [4.78, 5) is 28.1. The second-order valence-electron chi connectivity index (χ2n) is 5.96. The number of thiazole rings is 1. The molecule has 0 aliphatic heterocycles. The molecule has 6 nitrogen and oxygen atoms in total. The van der Waals surface area contributed by atoms with E-state index in [9.17, 15) is 14.0 Å². The maximum Gasteiger partial charge on any atom is 0.321 e. The number of carbonyl (C=O) groups is 2. The second-order valence-corrected chi connectivity index (χ2v) is 6.81. The minimum Gasteiger partial charge on any atom is -0.335 e. The summed E-state index contributed by atoms with van der Waals surface area (Å²) in [5, 5.41) is 10.5. The standard InChI is InChI=1S/C17H19FN4O2S/c18-11-5-7-13(8-6-11)19-15(23)9-14-10-25-17(21-14)22-16(24)20-12-3-1-2-4-12/h5-8,10,12H,1-4,9H2,(H,19,23)(H2,20,21,22,24). The Labute approximate surface area is 148 Å². The van der Waals surface area contributed by atoms with Gasteiger partial charge in [0, 0.05) is 17.1 Å². The van der Waals surface area contributed by atoms with Crippen LogP contribution in [0.2, 0.25) is 0 Å². The molecule has 0 saturated heterocycles. The first-order valence-electron chi connectivity index (χ1n) is 8.16. The summed E-state index contributed by atoms with van der Waals surface area (Å²) in [6.45, 7) is 0. The third-order valence-electron chi connectivity index (χ3n) is 3.93. The highest BCUT2D eigenvalue weighted by Gasteiger charge is 2.17. The lowest BCUT2D eigenvalue weighted by atomic mass is 10.2. The van der Waals surface area contributed by atoms with E-state index in [4.69, 9.17) is 0 Å². The maximum absolute atomic E-state index is 12.8. The van der Waals surface area contributed by atoms with Gasteiger partial charge in [0.05, 0.1) is 12.1 Å². The van der Waals surface area contributed by atoms with Crippen LogP contribution in [0.1, 0.15) is 31.4 Å². The molecule has 0 unspecified atom stereocenters. The number of nitrogens with one attached hydrogen (secondary N) is 3. The second kappa shape index (κ2) is 8.06. The number of benzene rings is 1. The first-order chi connectivity index (χ1) is 12.1. The van der Waals surface area contributed by atoms with E-state index in [-0.39, 0.29) is 30.2 Å². The van der Waals surface area contributed by atoms with Gasteiger partial charge in [-0.05, 0) is 37.1 Å². The summed E-state index contributed by atoms with van der Waals surface area (Å²) >= 11 is 1.27. The van der Waals surface area contributed by atoms with Gasteiger partial charge in [0.15, 0.2) is 5.13 Å². The zero-order chi connectivity index (χ0) is 17.6. The summed E-state index contributed by atoms with van der Waals surface area (Å²) < 4.78 is 12.8. The number of urea groups is 1. The van der Waals surface area contributed by atoms with Gasteiger partial charge in [-0.3, -0.25) is 10.1 Å². The van der Waals surface area contributed by atoms with Crippen molar-refractivity contribution in [2.45, 2.75) is 38.1 Å². The number of halogens is 1. The molecular weight excluding hydrogens is 343 g/mol. The molecule has 2 aromatic rings. The molecule has 0 bridgehead atoms. The van der Waals surface area contributed by atoms with Crippen LogP contribution in [0.15, 0.2) is 29.6 Å². The fourth-order valence-electron chi connectivity index (χ4n) is 2.74. The zero-order valence-electron chi connectivity index (χ0n) is 13.5. The Morgan fingerprint density at radius 1 is 1.16 bits per heavy atom. The van der Waals surface area contributed by atoms with Crippen molar-refractivity contribution < 1.29 is 14.0 Å². The Morgan fingerprint density at radius 3 is 2.60 bits per heavy atom. The first kappa shape index (κ1) is 17.3. The predicted octanol–water partition coefficient (Wildman–Crippen LogP) is 3.53. The van der Waals surface area contributed by atoms with Gasteiger partial charge >= 0.3 is 6.03 Å². The van der Waals surface area contributed by atoms with E-state index in [0.29, 0.717) is 16.5 Å². The molecule has 1 aliphatic carbocycles. The van der Waals surface area contributed by atoms with Crippen molar-refractivity contribution in [2.24, 2.45) is 0 Å². The fourth-order valence-corrected chi connectivity index (χ4v) is 3.44. The number of hydrogen-bond donors (Lipinski definition) is 3. The number of carbonyl (C=O) groups excluding carboxylic acids is 2. The number of amides is 3. The Bertz CT molecular complexity index is 741. The van der Waals surface area contributed by atoms with Crippen molar-refractivity contribution in [3.8, 4) is 0 Å². The number of aromatic nitrogens is 1. The smallest absolute Gasteiger partial charge is 0.321 e. The van der Waals surface area contributed by atoms with Crippen LogP contribution in [0.3, 0.4) is 0 Å². The Balaban J connectivity index is 1.48. The van der Waals surface area contributed by atoms with Crippen LogP contribution in [-0.2, 0) is 11.2 Å². The molecule has 1 aliphatic rings. The van der Waals surface area contributed by atoms with Crippen LogP contribution in [0.4, 0.5) is 20.0 Å². The third kappa shape index (κ3) is 5.25. The van der Waals surface area contributed by atoms with Crippen molar-refractivity contribution in [3.05, 3.63) is 41.2 Å². The fraction of sp³-hybridized carbons (Fsp3) is 0.353. The Morgan fingerprint density at radius 2 is 1.88 bits per heavy atom. The van der Waals surface area contributed by atoms with Crippen molar-refractivity contribution >= 4 is 34.1 Å². The zero-order valence-corrected chi connectivity index (χ0v) is 14.4. The highest BCUT2D eigenvalue weighted by molar-refractivity contribution is 7.13. The van der Waals surface area contributed by atoms with Gasteiger partial charge in [-0.25, -0.2) is 14.2 Å². The Kier molecular flexibility index (Phi) is 5.60. The van der Waals surface area contributed by atoms with Crippen LogP contribution in [0, 0.1) is 5.82 Å². The molecule has 3 amide bonds. The van der Waals surface area contributed by atoms with Gasteiger partial charge in [-0.2, -0.15) is 0 Å². The van der Waals surface area contributed by atoms with Crippen LogP contribution in [0.25, 0.3) is 0 Å². The monoisotopic (exact) mass is 362 g/mol. The predicted molar refractivity (Wildman–Crippen MR) is 95.3 cm³/mol. The third-order valence-corrected chi connectivity index (χ3v) is 4.74. The molecule has 1 saturated carbocycles. The van der Waals surface area contributed by atoms with Gasteiger partial charge < -0.3 is 10.6 Å². The SMILES string of the molecule is O=C(Cc1csc(NC(=O)NC2CCCC2)n1)Nc1ccc(F)cc1. The van der Waals surface area contributed by atoms with E-state index in [2.05, 4.69) is 20.9 Å². The number of hydrogen-bond acceptors (Lipinski definition) is 4. The topological polar surface area (TPSA) is 83.1 Å². The van der Waals surface area contributed by atoms with E-state index in [1.165, 1.54) is 35.6 Å². The van der Waals surface area contributed by atoms with Crippen molar-refractivity contribution in [1.82, 2.24) is 10.3 Å². The van der Waals surface area contributed by atoms with Crippen LogP contribution in [0.5, 0.6) is 0 Å². The van der Waals surface area contributed by atoms with E-state index >= 15 is 0 Å². The van der Waals surface area contributed by atoms with Crippen molar-refractivity contribution in [3.63, 3.8) is 0 Å². The van der Waals surface area contributed by atoms with Gasteiger partial charge in [-0.15, -0.1) is 11.3 Å². The molecule has 25 heavy (non-hydrogen) atoms. The molecule has 1 aromatic carbocycles. The van der Waals surface area contributed by atoms with E-state index < -0.39 is 0 Å². The largest absolute Gasteiger partial charge is 0.335 e. The van der Waals surface area contributed by atoms with Crippen LogP contribution in [-0.4, -0.2) is 23.0 Å². The normalized spacial score (nSPS) is 14.3. The summed E-state index contributed by atoms with van der Waals surface area (Å²) in [6.07, 6.45) is 4.41. The lowest BCUT2D eigenvalue weighted by molar-refractivity contribution is -0.115. The average molecular weight is 362 g/mol. The summed E-state index contributed by atoms with van der Waals surface area (Å²) in [5.74, 6) is -0.608. The van der Waals surface area contributed by atoms with Crippen molar-refractivity contribution in [1.29, 1.82) is 0 Å². The minimum absolute atomic E-state index is 0.0831. The number of nitrogens with zero attached hydrogens (tertiary/aromatic N) is 1. The number of anilines is 2. The molecule has 1 heterocycles.